The van der Waals surface area contributed by atoms with Gasteiger partial charge >= 0.3 is 0 Å². The minimum absolute atomic E-state index is 0.182. The van der Waals surface area contributed by atoms with Crippen molar-refractivity contribution >= 4 is 29.1 Å². The van der Waals surface area contributed by atoms with E-state index < -0.39 is 0 Å². The van der Waals surface area contributed by atoms with Crippen LogP contribution < -0.4 is 20.1 Å². The van der Waals surface area contributed by atoms with E-state index in [9.17, 15) is 4.79 Å². The van der Waals surface area contributed by atoms with Crippen molar-refractivity contribution in [1.82, 2.24) is 19.9 Å². The molecule has 1 aromatic carbocycles. The number of methoxy groups -OCH3 is 2. The summed E-state index contributed by atoms with van der Waals surface area (Å²) in [7, 11) is 5.37. The Morgan fingerprint density at radius 1 is 0.971 bits per heavy atom. The number of nitrogen functional groups attached to an aromatic ring is 1. The lowest BCUT2D eigenvalue weighted by molar-refractivity contribution is -0.109. The molecule has 3 heterocycles. The second kappa shape index (κ2) is 11.3. The molecule has 4 rings (SSSR count). The molecule has 1 fully saturated rings. The molecule has 3 aromatic rings. The molecule has 1 aliphatic rings. The summed E-state index contributed by atoms with van der Waals surface area (Å²) in [6, 6.07) is 9.63. The van der Waals surface area contributed by atoms with E-state index in [0.717, 1.165) is 60.6 Å². The van der Waals surface area contributed by atoms with E-state index in [1.165, 1.54) is 0 Å². The highest BCUT2D eigenvalue weighted by Gasteiger charge is 2.20. The Labute approximate surface area is 207 Å². The molecule has 1 aliphatic heterocycles. The van der Waals surface area contributed by atoms with Crippen molar-refractivity contribution in [1.29, 1.82) is 0 Å². The maximum Gasteiger partial charge on any atom is 0.222 e. The smallest absolute Gasteiger partial charge is 0.222 e. The number of ether oxygens (including phenoxy) is 2. The largest absolute Gasteiger partial charge is 0.493 e. The maximum absolute atomic E-state index is 9.82. The second-order valence-corrected chi connectivity index (χ2v) is 9.76. The summed E-state index contributed by atoms with van der Waals surface area (Å²) in [6.45, 7) is 9.83. The number of nitrogens with two attached hydrogens (primary N) is 1. The van der Waals surface area contributed by atoms with Gasteiger partial charge in [0.2, 0.25) is 5.95 Å². The first kappa shape index (κ1) is 26.2. The number of pyridine rings is 1. The Hall–Kier alpha value is -3.46. The fourth-order valence-electron chi connectivity index (χ4n) is 3.66. The molecule has 0 amide bonds. The van der Waals surface area contributed by atoms with Crippen molar-refractivity contribution in [3.8, 4) is 22.8 Å². The third-order valence-corrected chi connectivity index (χ3v) is 5.72. The number of hydrogen-bond donors (Lipinski definition) is 1. The molecule has 2 aromatic heterocycles. The number of piperazine rings is 1. The average molecular weight is 481 g/mol. The van der Waals surface area contributed by atoms with E-state index in [2.05, 4.69) is 26.8 Å². The molecular formula is C26H36N6O3. The normalized spacial score (nSPS) is 14.3. The van der Waals surface area contributed by atoms with Crippen LogP contribution in [0.5, 0.6) is 11.5 Å². The van der Waals surface area contributed by atoms with Crippen LogP contribution in [0.25, 0.3) is 22.3 Å². The minimum Gasteiger partial charge on any atom is -0.493 e. The van der Waals surface area contributed by atoms with Gasteiger partial charge in [0.05, 0.1) is 25.4 Å². The van der Waals surface area contributed by atoms with Gasteiger partial charge in [-0.1, -0.05) is 20.8 Å². The van der Waals surface area contributed by atoms with E-state index in [1.54, 1.807) is 14.2 Å². The first-order valence-electron chi connectivity index (χ1n) is 11.7. The molecule has 0 bridgehead atoms. The third-order valence-electron chi connectivity index (χ3n) is 5.72. The van der Waals surface area contributed by atoms with Gasteiger partial charge in [-0.2, -0.15) is 4.98 Å². The predicted molar refractivity (Wildman–Crippen MR) is 140 cm³/mol. The molecule has 9 heteroatoms. The molecule has 1 saturated heterocycles. The highest BCUT2D eigenvalue weighted by atomic mass is 16.5. The zero-order valence-electron chi connectivity index (χ0n) is 21.5. The van der Waals surface area contributed by atoms with Crippen molar-refractivity contribution in [3.05, 3.63) is 30.3 Å². The van der Waals surface area contributed by atoms with Crippen LogP contribution in [0.2, 0.25) is 0 Å². The standard InChI is InChI=1S/C20H24N6O2.C6H12O/c1-25-8-10-26(11-9-25)19-18-15(23-20(21)24-19)6-5-14(22-18)13-4-7-16(27-2)17(12-13)28-3;1-6(2,3)4-5-7/h4-7,12H,8-11H2,1-3H3,(H2,21,23,24);5H,4H2,1-3H3. The summed E-state index contributed by atoms with van der Waals surface area (Å²) in [5.41, 5.74) is 9.39. The fraction of sp³-hybridized carbons (Fsp3) is 0.462. The quantitative estimate of drug-likeness (QED) is 0.547. The molecule has 188 valence electrons. The SMILES string of the molecule is CC(C)(C)CC=O.COc1ccc(-c2ccc3nc(N)nc(N4CCN(C)CC4)c3n2)cc1OC. The number of anilines is 2. The predicted octanol–water partition coefficient (Wildman–Crippen LogP) is 3.66. The van der Waals surface area contributed by atoms with Crippen molar-refractivity contribution in [2.24, 2.45) is 5.41 Å². The van der Waals surface area contributed by atoms with Crippen LogP contribution in [0.1, 0.15) is 27.2 Å². The summed E-state index contributed by atoms with van der Waals surface area (Å²) in [5, 5.41) is 0. The lowest BCUT2D eigenvalue weighted by Crippen LogP contribution is -2.45. The molecule has 2 N–H and O–H groups in total. The summed E-state index contributed by atoms with van der Waals surface area (Å²) in [6.07, 6.45) is 1.62. The molecule has 35 heavy (non-hydrogen) atoms. The van der Waals surface area contributed by atoms with E-state index in [0.29, 0.717) is 17.9 Å². The van der Waals surface area contributed by atoms with Crippen molar-refractivity contribution in [3.63, 3.8) is 0 Å². The van der Waals surface area contributed by atoms with Crippen LogP contribution in [-0.2, 0) is 4.79 Å². The zero-order chi connectivity index (χ0) is 25.6. The number of aldehydes is 1. The molecule has 0 radical (unpaired) electrons. The molecule has 0 saturated carbocycles. The first-order chi connectivity index (χ1) is 16.6. The van der Waals surface area contributed by atoms with Crippen LogP contribution in [0.3, 0.4) is 0 Å². The van der Waals surface area contributed by atoms with Crippen LogP contribution in [-0.4, -0.2) is 73.6 Å². The Morgan fingerprint density at radius 3 is 2.23 bits per heavy atom. The molecule has 0 aliphatic carbocycles. The molecule has 0 atom stereocenters. The van der Waals surface area contributed by atoms with E-state index in [-0.39, 0.29) is 11.4 Å². The Balaban J connectivity index is 0.000000429. The van der Waals surface area contributed by atoms with Gasteiger partial charge in [-0.05, 0) is 42.8 Å². The zero-order valence-corrected chi connectivity index (χ0v) is 21.5. The maximum atomic E-state index is 9.82. The van der Waals surface area contributed by atoms with Crippen LogP contribution in [0.4, 0.5) is 11.8 Å². The molecule has 0 spiro atoms. The number of benzene rings is 1. The summed E-state index contributed by atoms with van der Waals surface area (Å²) >= 11 is 0. The van der Waals surface area contributed by atoms with E-state index >= 15 is 0 Å². The van der Waals surface area contributed by atoms with Gasteiger partial charge in [-0.15, -0.1) is 0 Å². The summed E-state index contributed by atoms with van der Waals surface area (Å²) < 4.78 is 10.8. The highest BCUT2D eigenvalue weighted by molar-refractivity contribution is 5.88. The van der Waals surface area contributed by atoms with E-state index in [4.69, 9.17) is 20.2 Å². The lowest BCUT2D eigenvalue weighted by atomic mass is 9.93. The van der Waals surface area contributed by atoms with Gasteiger partial charge in [0, 0.05) is 38.2 Å². The number of likely N-dealkylation sites (N-methyl/N-ethyl adjacent to an activating group) is 1. The number of hydrogen-bond acceptors (Lipinski definition) is 9. The number of nitrogens with zero attached hydrogens (tertiary/aromatic N) is 5. The fourth-order valence-corrected chi connectivity index (χ4v) is 3.66. The second-order valence-electron chi connectivity index (χ2n) is 9.76. The molecular weight excluding hydrogens is 444 g/mol. The third kappa shape index (κ3) is 6.79. The van der Waals surface area contributed by atoms with Gasteiger partial charge < -0.3 is 29.8 Å². The molecule has 9 nitrogen and oxygen atoms in total. The van der Waals surface area contributed by atoms with Gasteiger partial charge in [0.1, 0.15) is 11.8 Å². The lowest BCUT2D eigenvalue weighted by Gasteiger charge is -2.33. The van der Waals surface area contributed by atoms with Gasteiger partial charge in [0.25, 0.3) is 0 Å². The number of rotatable bonds is 5. The average Bonchev–Trinajstić information content (AvgIpc) is 2.83. The van der Waals surface area contributed by atoms with Crippen molar-refractivity contribution in [2.75, 3.05) is 58.1 Å². The minimum atomic E-state index is 0.182. The monoisotopic (exact) mass is 480 g/mol. The Kier molecular flexibility index (Phi) is 8.45. The van der Waals surface area contributed by atoms with Gasteiger partial charge in [0.15, 0.2) is 17.3 Å². The van der Waals surface area contributed by atoms with Crippen LogP contribution >= 0.6 is 0 Å². The van der Waals surface area contributed by atoms with Crippen LogP contribution in [0.15, 0.2) is 30.3 Å². The number of carbonyl (C=O) groups is 1. The topological polar surface area (TPSA) is 107 Å². The van der Waals surface area contributed by atoms with Gasteiger partial charge in [-0.3, -0.25) is 0 Å². The Bertz CT molecular complexity index is 1150. The number of fused-ring (bicyclic) bond motifs is 1. The summed E-state index contributed by atoms with van der Waals surface area (Å²) in [5.74, 6) is 2.40. The highest BCUT2D eigenvalue weighted by Crippen LogP contribution is 2.33. The number of carbonyl (C=O) groups excluding carboxylic acids is 1. The van der Waals surface area contributed by atoms with Crippen molar-refractivity contribution in [2.45, 2.75) is 27.2 Å². The van der Waals surface area contributed by atoms with Gasteiger partial charge in [-0.25, -0.2) is 9.97 Å². The number of aromatic nitrogens is 3. The Morgan fingerprint density at radius 2 is 1.66 bits per heavy atom. The first-order valence-corrected chi connectivity index (χ1v) is 11.7. The summed E-state index contributed by atoms with van der Waals surface area (Å²) in [4.78, 5) is 28.1. The van der Waals surface area contributed by atoms with E-state index in [1.807, 2.05) is 51.1 Å². The van der Waals surface area contributed by atoms with Crippen molar-refractivity contribution < 1.29 is 14.3 Å². The molecule has 0 unspecified atom stereocenters. The van der Waals surface area contributed by atoms with Crippen LogP contribution in [0, 0.1) is 5.41 Å².